The van der Waals surface area contributed by atoms with Crippen LogP contribution in [-0.2, 0) is 17.8 Å². The van der Waals surface area contributed by atoms with Crippen molar-refractivity contribution >= 4 is 32.6 Å². The highest BCUT2D eigenvalue weighted by atomic mass is 32.1. The van der Waals surface area contributed by atoms with E-state index in [4.69, 9.17) is 9.72 Å². The van der Waals surface area contributed by atoms with Gasteiger partial charge in [0.05, 0.1) is 35.5 Å². The van der Waals surface area contributed by atoms with Gasteiger partial charge in [0.25, 0.3) is 0 Å². The number of hydrogen-bond donors (Lipinski definition) is 0. The Hall–Kier alpha value is -3.25. The monoisotopic (exact) mass is 431 g/mol. The summed E-state index contributed by atoms with van der Waals surface area (Å²) in [6.45, 7) is 7.10. The lowest BCUT2D eigenvalue weighted by Crippen LogP contribution is -2.32. The topological polar surface area (TPSA) is 55.3 Å². The van der Waals surface area contributed by atoms with Crippen molar-refractivity contribution in [1.29, 1.82) is 0 Å². The molecule has 6 heteroatoms. The van der Waals surface area contributed by atoms with Crippen LogP contribution in [0.3, 0.4) is 0 Å². The van der Waals surface area contributed by atoms with E-state index in [0.29, 0.717) is 18.3 Å². The molecule has 1 amide bonds. The van der Waals surface area contributed by atoms with Gasteiger partial charge in [-0.05, 0) is 67.8 Å². The van der Waals surface area contributed by atoms with E-state index in [2.05, 4.69) is 31.0 Å². The number of aromatic nitrogens is 2. The molecule has 4 rings (SSSR count). The largest absolute Gasteiger partial charge is 0.494 e. The molecule has 31 heavy (non-hydrogen) atoms. The molecule has 2 heterocycles. The summed E-state index contributed by atoms with van der Waals surface area (Å²) < 4.78 is 6.62. The summed E-state index contributed by atoms with van der Waals surface area (Å²) in [5.74, 6) is 0.796. The minimum Gasteiger partial charge on any atom is -0.494 e. The standard InChI is InChI=1S/C25H25N3O2S/c1-4-30-21-10-8-19(9-11-21)15-23(29)28(16-20-7-5-6-12-26-20)25-27-22-14-17(2)13-18(3)24(22)31-25/h5-14H,4,15-16H2,1-3H3. The number of carbonyl (C=O) groups excluding carboxylic acids is 1. The number of hydrogen-bond acceptors (Lipinski definition) is 5. The van der Waals surface area contributed by atoms with E-state index in [1.54, 1.807) is 22.4 Å². The van der Waals surface area contributed by atoms with E-state index >= 15 is 0 Å². The number of anilines is 1. The molecule has 0 fully saturated rings. The number of amides is 1. The van der Waals surface area contributed by atoms with Crippen LogP contribution in [0.25, 0.3) is 10.2 Å². The van der Waals surface area contributed by atoms with Gasteiger partial charge in [-0.25, -0.2) is 4.98 Å². The van der Waals surface area contributed by atoms with Crippen LogP contribution in [0.15, 0.2) is 60.8 Å². The Morgan fingerprint density at radius 2 is 1.90 bits per heavy atom. The lowest BCUT2D eigenvalue weighted by Gasteiger charge is -2.19. The number of aryl methyl sites for hydroxylation is 2. The Labute approximate surface area is 186 Å². The van der Waals surface area contributed by atoms with Crippen LogP contribution in [0, 0.1) is 13.8 Å². The van der Waals surface area contributed by atoms with E-state index in [9.17, 15) is 4.79 Å². The fourth-order valence-corrected chi connectivity index (χ4v) is 4.57. The average Bonchev–Trinajstić information content (AvgIpc) is 3.18. The number of rotatable bonds is 7. The molecular weight excluding hydrogens is 406 g/mol. The Morgan fingerprint density at radius 3 is 2.61 bits per heavy atom. The van der Waals surface area contributed by atoms with Crippen LogP contribution >= 0.6 is 11.3 Å². The summed E-state index contributed by atoms with van der Waals surface area (Å²) in [5.41, 5.74) is 5.04. The van der Waals surface area contributed by atoms with Gasteiger partial charge in [0.15, 0.2) is 5.13 Å². The van der Waals surface area contributed by atoms with Crippen LogP contribution in [0.4, 0.5) is 5.13 Å². The first-order chi connectivity index (χ1) is 15.0. The first-order valence-corrected chi connectivity index (χ1v) is 11.1. The summed E-state index contributed by atoms with van der Waals surface area (Å²) in [7, 11) is 0. The fourth-order valence-electron chi connectivity index (χ4n) is 3.54. The van der Waals surface area contributed by atoms with E-state index in [1.165, 1.54) is 11.1 Å². The number of ether oxygens (including phenoxy) is 1. The lowest BCUT2D eigenvalue weighted by molar-refractivity contribution is -0.118. The number of carbonyl (C=O) groups is 1. The number of fused-ring (bicyclic) bond motifs is 1. The molecule has 2 aromatic carbocycles. The van der Waals surface area contributed by atoms with Gasteiger partial charge in [-0.15, -0.1) is 0 Å². The van der Waals surface area contributed by atoms with Crippen molar-refractivity contribution in [2.45, 2.75) is 33.7 Å². The maximum absolute atomic E-state index is 13.4. The van der Waals surface area contributed by atoms with E-state index < -0.39 is 0 Å². The quantitative estimate of drug-likeness (QED) is 0.389. The fraction of sp³-hybridized carbons (Fsp3) is 0.240. The Balaban J connectivity index is 1.65. The molecule has 0 radical (unpaired) electrons. The summed E-state index contributed by atoms with van der Waals surface area (Å²) in [4.78, 5) is 24.4. The summed E-state index contributed by atoms with van der Waals surface area (Å²) in [6.07, 6.45) is 2.03. The second-order valence-electron chi connectivity index (χ2n) is 7.48. The van der Waals surface area contributed by atoms with Crippen LogP contribution < -0.4 is 9.64 Å². The van der Waals surface area contributed by atoms with Crippen molar-refractivity contribution in [3.63, 3.8) is 0 Å². The number of pyridine rings is 1. The van der Waals surface area contributed by atoms with Crippen molar-refractivity contribution < 1.29 is 9.53 Å². The molecule has 0 saturated carbocycles. The smallest absolute Gasteiger partial charge is 0.233 e. The van der Waals surface area contributed by atoms with Crippen LogP contribution in [0.5, 0.6) is 5.75 Å². The van der Waals surface area contributed by atoms with Gasteiger partial charge in [-0.3, -0.25) is 14.7 Å². The van der Waals surface area contributed by atoms with E-state index in [-0.39, 0.29) is 12.3 Å². The zero-order chi connectivity index (χ0) is 21.8. The third kappa shape index (κ3) is 4.91. The molecule has 0 atom stereocenters. The first kappa shape index (κ1) is 21.0. The Morgan fingerprint density at radius 1 is 1.10 bits per heavy atom. The minimum atomic E-state index is -0.0109. The summed E-state index contributed by atoms with van der Waals surface area (Å²) in [5, 5.41) is 0.699. The highest BCUT2D eigenvalue weighted by Gasteiger charge is 2.21. The van der Waals surface area contributed by atoms with Gasteiger partial charge in [-0.1, -0.05) is 35.6 Å². The third-order valence-electron chi connectivity index (χ3n) is 4.98. The van der Waals surface area contributed by atoms with E-state index in [0.717, 1.165) is 27.2 Å². The predicted octanol–water partition coefficient (Wildman–Crippen LogP) is 5.48. The maximum Gasteiger partial charge on any atom is 0.233 e. The van der Waals surface area contributed by atoms with Gasteiger partial charge in [0, 0.05) is 6.20 Å². The van der Waals surface area contributed by atoms with Crippen molar-refractivity contribution in [2.75, 3.05) is 11.5 Å². The highest BCUT2D eigenvalue weighted by Crippen LogP contribution is 2.33. The molecule has 0 bridgehead atoms. The second kappa shape index (κ2) is 9.27. The lowest BCUT2D eigenvalue weighted by atomic mass is 10.1. The molecule has 0 aliphatic heterocycles. The van der Waals surface area contributed by atoms with Crippen molar-refractivity contribution in [3.8, 4) is 5.75 Å². The molecular formula is C25H25N3O2S. The summed E-state index contributed by atoms with van der Waals surface area (Å²) >= 11 is 1.55. The predicted molar refractivity (Wildman–Crippen MR) is 126 cm³/mol. The Kier molecular flexibility index (Phi) is 6.28. The molecule has 5 nitrogen and oxygen atoms in total. The molecule has 4 aromatic rings. The first-order valence-electron chi connectivity index (χ1n) is 10.3. The van der Waals surface area contributed by atoms with Crippen molar-refractivity contribution in [3.05, 3.63) is 83.2 Å². The van der Waals surface area contributed by atoms with E-state index in [1.807, 2.05) is 49.4 Å². The average molecular weight is 432 g/mol. The van der Waals surface area contributed by atoms with Crippen LogP contribution in [-0.4, -0.2) is 22.5 Å². The molecule has 0 spiro atoms. The van der Waals surface area contributed by atoms with Gasteiger partial charge < -0.3 is 4.74 Å². The van der Waals surface area contributed by atoms with Crippen molar-refractivity contribution in [1.82, 2.24) is 9.97 Å². The highest BCUT2D eigenvalue weighted by molar-refractivity contribution is 7.22. The molecule has 0 aliphatic carbocycles. The van der Waals surface area contributed by atoms with Gasteiger partial charge in [0.2, 0.25) is 5.91 Å². The molecule has 0 saturated heterocycles. The third-order valence-corrected chi connectivity index (χ3v) is 6.21. The summed E-state index contributed by atoms with van der Waals surface area (Å²) in [6, 6.07) is 17.6. The number of benzene rings is 2. The molecule has 2 aromatic heterocycles. The zero-order valence-corrected chi connectivity index (χ0v) is 18.8. The normalized spacial score (nSPS) is 10.9. The molecule has 158 valence electrons. The van der Waals surface area contributed by atoms with Crippen LogP contribution in [0.2, 0.25) is 0 Å². The Bertz CT molecular complexity index is 1190. The zero-order valence-electron chi connectivity index (χ0n) is 18.0. The minimum absolute atomic E-state index is 0.0109. The van der Waals surface area contributed by atoms with Gasteiger partial charge in [-0.2, -0.15) is 0 Å². The number of thiazole rings is 1. The SMILES string of the molecule is CCOc1ccc(CC(=O)N(Cc2ccccn2)c2nc3cc(C)cc(C)c3s2)cc1. The second-order valence-corrected chi connectivity index (χ2v) is 8.46. The molecule has 0 N–H and O–H groups in total. The van der Waals surface area contributed by atoms with Crippen LogP contribution in [0.1, 0.15) is 29.3 Å². The number of nitrogens with zero attached hydrogens (tertiary/aromatic N) is 3. The van der Waals surface area contributed by atoms with Gasteiger partial charge in [0.1, 0.15) is 5.75 Å². The van der Waals surface area contributed by atoms with Crippen molar-refractivity contribution in [2.24, 2.45) is 0 Å². The maximum atomic E-state index is 13.4. The molecule has 0 unspecified atom stereocenters. The van der Waals surface area contributed by atoms with Gasteiger partial charge >= 0.3 is 0 Å². The molecule has 0 aliphatic rings.